The van der Waals surface area contributed by atoms with Gasteiger partial charge in [0.25, 0.3) is 0 Å². The second-order valence-electron chi connectivity index (χ2n) is 4.40. The molecule has 1 aliphatic rings. The van der Waals surface area contributed by atoms with Gasteiger partial charge in [-0.2, -0.15) is 0 Å². The summed E-state index contributed by atoms with van der Waals surface area (Å²) < 4.78 is 14.0. The zero-order chi connectivity index (χ0) is 11.1. The summed E-state index contributed by atoms with van der Waals surface area (Å²) in [6, 6.07) is 5.97. The minimum Gasteiger partial charge on any atom is -0.395 e. The van der Waals surface area contributed by atoms with Crippen molar-refractivity contribution in [1.82, 2.24) is 0 Å². The number of benzene rings is 1. The molecular formula is C12H14BrFO. The fraction of sp³-hybridized carbons (Fsp3) is 0.500. The zero-order valence-corrected chi connectivity index (χ0v) is 10.2. The third-order valence-corrected chi connectivity index (χ3v) is 3.79. The Balaban J connectivity index is 2.39. The Morgan fingerprint density at radius 3 is 2.73 bits per heavy atom. The summed E-state index contributed by atoms with van der Waals surface area (Å²) in [4.78, 5) is 0. The predicted octanol–water partition coefficient (Wildman–Crippen LogP) is 3.12. The van der Waals surface area contributed by atoms with E-state index in [0.717, 1.165) is 15.6 Å². The van der Waals surface area contributed by atoms with Crippen LogP contribution in [0, 0.1) is 6.92 Å². The summed E-state index contributed by atoms with van der Waals surface area (Å²) in [5.74, 6) is 0. The molecule has 0 unspecified atom stereocenters. The molecule has 15 heavy (non-hydrogen) atoms. The van der Waals surface area contributed by atoms with Gasteiger partial charge in [0, 0.05) is 9.89 Å². The van der Waals surface area contributed by atoms with Gasteiger partial charge in [0.15, 0.2) is 0 Å². The van der Waals surface area contributed by atoms with Gasteiger partial charge in [-0.3, -0.25) is 0 Å². The maximum absolute atomic E-state index is 13.0. The molecule has 1 saturated carbocycles. The van der Waals surface area contributed by atoms with Crippen LogP contribution in [0.2, 0.25) is 0 Å². The summed E-state index contributed by atoms with van der Waals surface area (Å²) in [5.41, 5.74) is 1.86. The van der Waals surface area contributed by atoms with E-state index >= 15 is 0 Å². The second kappa shape index (κ2) is 3.87. The van der Waals surface area contributed by atoms with Crippen molar-refractivity contribution in [1.29, 1.82) is 0 Å². The van der Waals surface area contributed by atoms with Crippen LogP contribution in [0.3, 0.4) is 0 Å². The Hall–Kier alpha value is -0.410. The SMILES string of the molecule is Cc1ccc(Br)cc1C1(CO)CC(F)C1. The first kappa shape index (κ1) is 11.1. The van der Waals surface area contributed by atoms with E-state index in [0.29, 0.717) is 12.8 Å². The molecule has 0 saturated heterocycles. The van der Waals surface area contributed by atoms with Crippen molar-refractivity contribution < 1.29 is 9.50 Å². The van der Waals surface area contributed by atoms with Crippen molar-refractivity contribution in [3.63, 3.8) is 0 Å². The van der Waals surface area contributed by atoms with E-state index in [4.69, 9.17) is 0 Å². The molecule has 0 aliphatic heterocycles. The van der Waals surface area contributed by atoms with E-state index in [1.807, 2.05) is 25.1 Å². The second-order valence-corrected chi connectivity index (χ2v) is 5.32. The molecular weight excluding hydrogens is 259 g/mol. The topological polar surface area (TPSA) is 20.2 Å². The Kier molecular flexibility index (Phi) is 2.86. The lowest BCUT2D eigenvalue weighted by Crippen LogP contribution is -2.46. The Bertz CT molecular complexity index is 372. The van der Waals surface area contributed by atoms with Gasteiger partial charge < -0.3 is 5.11 Å². The predicted molar refractivity (Wildman–Crippen MR) is 61.8 cm³/mol. The van der Waals surface area contributed by atoms with Crippen LogP contribution >= 0.6 is 15.9 Å². The third-order valence-electron chi connectivity index (χ3n) is 3.30. The summed E-state index contributed by atoms with van der Waals surface area (Å²) >= 11 is 3.41. The number of rotatable bonds is 2. The van der Waals surface area contributed by atoms with E-state index in [1.54, 1.807) is 0 Å². The highest BCUT2D eigenvalue weighted by atomic mass is 79.9. The standard InChI is InChI=1S/C12H14BrFO/c1-8-2-3-9(13)4-11(8)12(7-15)5-10(14)6-12/h2-4,10,15H,5-7H2,1H3. The number of aliphatic hydroxyl groups excluding tert-OH is 1. The fourth-order valence-corrected chi connectivity index (χ4v) is 2.75. The van der Waals surface area contributed by atoms with Crippen molar-refractivity contribution in [2.24, 2.45) is 0 Å². The number of halogens is 2. The van der Waals surface area contributed by atoms with Crippen LogP contribution in [0.1, 0.15) is 24.0 Å². The van der Waals surface area contributed by atoms with Crippen LogP contribution < -0.4 is 0 Å². The molecule has 0 spiro atoms. The highest BCUT2D eigenvalue weighted by Crippen LogP contribution is 2.46. The first-order chi connectivity index (χ1) is 7.07. The molecule has 3 heteroatoms. The number of hydrogen-bond donors (Lipinski definition) is 1. The highest BCUT2D eigenvalue weighted by Gasteiger charge is 2.46. The minimum atomic E-state index is -0.754. The lowest BCUT2D eigenvalue weighted by Gasteiger charge is -2.44. The van der Waals surface area contributed by atoms with E-state index in [9.17, 15) is 9.50 Å². The van der Waals surface area contributed by atoms with Crippen LogP contribution in [-0.2, 0) is 5.41 Å². The molecule has 0 atom stereocenters. The summed E-state index contributed by atoms with van der Waals surface area (Å²) in [6.07, 6.45) is 0.136. The van der Waals surface area contributed by atoms with E-state index in [-0.39, 0.29) is 12.0 Å². The van der Waals surface area contributed by atoms with Crippen LogP contribution in [0.5, 0.6) is 0 Å². The monoisotopic (exact) mass is 272 g/mol. The van der Waals surface area contributed by atoms with E-state index in [1.165, 1.54) is 0 Å². The molecule has 0 aromatic heterocycles. The summed E-state index contributed by atoms with van der Waals surface area (Å²) in [6.45, 7) is 2.04. The van der Waals surface area contributed by atoms with Gasteiger partial charge in [-0.15, -0.1) is 0 Å². The smallest absolute Gasteiger partial charge is 0.102 e. The van der Waals surface area contributed by atoms with Crippen LogP contribution in [0.25, 0.3) is 0 Å². The van der Waals surface area contributed by atoms with Gasteiger partial charge in [-0.1, -0.05) is 22.0 Å². The summed E-state index contributed by atoms with van der Waals surface area (Å²) in [5, 5.41) is 9.44. The minimum absolute atomic E-state index is 0.0325. The Morgan fingerprint density at radius 1 is 1.53 bits per heavy atom. The average molecular weight is 273 g/mol. The third kappa shape index (κ3) is 1.83. The van der Waals surface area contributed by atoms with Crippen molar-refractivity contribution >= 4 is 15.9 Å². The molecule has 0 radical (unpaired) electrons. The fourth-order valence-electron chi connectivity index (χ4n) is 2.39. The van der Waals surface area contributed by atoms with Gasteiger partial charge in [0.2, 0.25) is 0 Å². The Labute approximate surface area is 97.4 Å². The molecule has 1 fully saturated rings. The summed E-state index contributed by atoms with van der Waals surface area (Å²) in [7, 11) is 0. The molecule has 2 rings (SSSR count). The largest absolute Gasteiger partial charge is 0.395 e. The van der Waals surface area contributed by atoms with Gasteiger partial charge >= 0.3 is 0 Å². The first-order valence-corrected chi connectivity index (χ1v) is 5.88. The van der Waals surface area contributed by atoms with Crippen molar-refractivity contribution in [3.8, 4) is 0 Å². The van der Waals surface area contributed by atoms with Gasteiger partial charge in [0.05, 0.1) is 6.61 Å². The number of hydrogen-bond acceptors (Lipinski definition) is 1. The molecule has 0 bridgehead atoms. The molecule has 0 amide bonds. The van der Waals surface area contributed by atoms with Gasteiger partial charge in [0.1, 0.15) is 6.17 Å². The molecule has 0 heterocycles. The van der Waals surface area contributed by atoms with Crippen LogP contribution in [0.15, 0.2) is 22.7 Å². The molecule has 1 aromatic rings. The molecule has 1 N–H and O–H groups in total. The highest BCUT2D eigenvalue weighted by molar-refractivity contribution is 9.10. The lowest BCUT2D eigenvalue weighted by atomic mass is 9.63. The average Bonchev–Trinajstić information content (AvgIpc) is 2.17. The first-order valence-electron chi connectivity index (χ1n) is 5.09. The van der Waals surface area contributed by atoms with Crippen LogP contribution in [-0.4, -0.2) is 17.9 Å². The molecule has 1 aromatic carbocycles. The normalized spacial score (nSPS) is 30.0. The number of alkyl halides is 1. The quantitative estimate of drug-likeness (QED) is 0.877. The van der Waals surface area contributed by atoms with Crippen molar-refractivity contribution in [2.45, 2.75) is 31.4 Å². The van der Waals surface area contributed by atoms with E-state index in [2.05, 4.69) is 15.9 Å². The molecule has 82 valence electrons. The van der Waals surface area contributed by atoms with Crippen molar-refractivity contribution in [3.05, 3.63) is 33.8 Å². The lowest BCUT2D eigenvalue weighted by molar-refractivity contribution is 0.0406. The van der Waals surface area contributed by atoms with E-state index < -0.39 is 6.17 Å². The van der Waals surface area contributed by atoms with Crippen molar-refractivity contribution in [2.75, 3.05) is 6.61 Å². The molecule has 1 aliphatic carbocycles. The van der Waals surface area contributed by atoms with Crippen LogP contribution in [0.4, 0.5) is 4.39 Å². The van der Waals surface area contributed by atoms with Gasteiger partial charge in [-0.05, 0) is 43.0 Å². The maximum atomic E-state index is 13.0. The zero-order valence-electron chi connectivity index (χ0n) is 8.63. The molecule has 1 nitrogen and oxygen atoms in total. The maximum Gasteiger partial charge on any atom is 0.102 e. The Morgan fingerprint density at radius 2 is 2.20 bits per heavy atom. The number of aliphatic hydroxyl groups is 1. The number of aryl methyl sites for hydroxylation is 1. The van der Waals surface area contributed by atoms with Gasteiger partial charge in [-0.25, -0.2) is 4.39 Å².